The lowest BCUT2D eigenvalue weighted by atomic mass is 10.1. The lowest BCUT2D eigenvalue weighted by Gasteiger charge is -2.10. The summed E-state index contributed by atoms with van der Waals surface area (Å²) in [6, 6.07) is 21.5. The highest BCUT2D eigenvalue weighted by Crippen LogP contribution is 2.39. The summed E-state index contributed by atoms with van der Waals surface area (Å²) in [5.74, 6) is 2.23. The Balaban J connectivity index is 1.44. The van der Waals surface area contributed by atoms with Crippen LogP contribution in [0.4, 0.5) is 4.39 Å². The quantitative estimate of drug-likeness (QED) is 0.516. The Labute approximate surface area is 163 Å². The van der Waals surface area contributed by atoms with Crippen molar-refractivity contribution in [2.75, 3.05) is 6.61 Å². The van der Waals surface area contributed by atoms with Crippen molar-refractivity contribution in [3.8, 4) is 28.4 Å². The van der Waals surface area contributed by atoms with Gasteiger partial charge in [-0.05, 0) is 60.9 Å². The monoisotopic (exact) mass is 376 g/mol. The molecule has 3 nitrogen and oxygen atoms in total. The Morgan fingerprint density at radius 3 is 2.36 bits per heavy atom. The van der Waals surface area contributed by atoms with Crippen LogP contribution < -0.4 is 9.47 Å². The van der Waals surface area contributed by atoms with Crippen LogP contribution in [0.25, 0.3) is 11.1 Å². The average molecular weight is 376 g/mol. The lowest BCUT2D eigenvalue weighted by molar-refractivity contribution is -0.118. The number of ketones is 1. The van der Waals surface area contributed by atoms with E-state index in [4.69, 9.17) is 9.47 Å². The first-order valence-corrected chi connectivity index (χ1v) is 9.36. The molecule has 0 aromatic heterocycles. The van der Waals surface area contributed by atoms with Crippen molar-refractivity contribution < 1.29 is 18.7 Å². The zero-order valence-corrected chi connectivity index (χ0v) is 15.6. The number of carbonyl (C=O) groups is 1. The molecule has 2 atom stereocenters. The van der Waals surface area contributed by atoms with Gasteiger partial charge in [0.05, 0.1) is 6.61 Å². The van der Waals surface area contributed by atoms with Crippen LogP contribution in [0.15, 0.2) is 72.8 Å². The molecule has 0 saturated heterocycles. The van der Waals surface area contributed by atoms with Crippen LogP contribution in [-0.4, -0.2) is 12.4 Å². The first kappa shape index (κ1) is 18.2. The third-order valence-electron chi connectivity index (χ3n) is 4.95. The number of rotatable bonds is 7. The smallest absolute Gasteiger partial charge is 0.133 e. The molecule has 0 heterocycles. The molecule has 1 aliphatic carbocycles. The van der Waals surface area contributed by atoms with E-state index in [1.54, 1.807) is 6.92 Å². The second-order valence-electron chi connectivity index (χ2n) is 7.14. The van der Waals surface area contributed by atoms with Gasteiger partial charge in [0.25, 0.3) is 0 Å². The highest BCUT2D eigenvalue weighted by molar-refractivity contribution is 5.81. The second kappa shape index (κ2) is 7.85. The largest absolute Gasteiger partial charge is 0.493 e. The molecular formula is C24H21FO3. The van der Waals surface area contributed by atoms with E-state index in [0.29, 0.717) is 24.0 Å². The Morgan fingerprint density at radius 2 is 1.68 bits per heavy atom. The topological polar surface area (TPSA) is 35.5 Å². The van der Waals surface area contributed by atoms with Crippen molar-refractivity contribution in [3.05, 3.63) is 78.6 Å². The summed E-state index contributed by atoms with van der Waals surface area (Å²) < 4.78 is 25.6. The van der Waals surface area contributed by atoms with Crippen molar-refractivity contribution in [1.29, 1.82) is 0 Å². The van der Waals surface area contributed by atoms with E-state index < -0.39 is 0 Å². The minimum Gasteiger partial charge on any atom is -0.493 e. The zero-order valence-electron chi connectivity index (χ0n) is 15.6. The summed E-state index contributed by atoms with van der Waals surface area (Å²) >= 11 is 0. The van der Waals surface area contributed by atoms with Crippen LogP contribution >= 0.6 is 0 Å². The maximum atomic E-state index is 14.1. The first-order valence-electron chi connectivity index (χ1n) is 9.36. The highest BCUT2D eigenvalue weighted by atomic mass is 19.1. The third kappa shape index (κ3) is 4.39. The van der Waals surface area contributed by atoms with Gasteiger partial charge >= 0.3 is 0 Å². The molecule has 4 heteroatoms. The number of benzene rings is 3. The standard InChI is InChI=1S/C24H21FO3/c1-16(26)24-13-19(24)15-27-21-9-7-17(8-10-21)18-11-20(25)14-23(12-18)28-22-5-3-2-4-6-22/h2-12,14,19,24H,13,15H2,1H3. The van der Waals surface area contributed by atoms with Crippen LogP contribution in [0.5, 0.6) is 17.2 Å². The van der Waals surface area contributed by atoms with E-state index in [9.17, 15) is 9.18 Å². The Morgan fingerprint density at radius 1 is 0.929 bits per heavy atom. The number of halogens is 1. The molecule has 0 N–H and O–H groups in total. The number of hydrogen-bond acceptors (Lipinski definition) is 3. The molecule has 1 fully saturated rings. The van der Waals surface area contributed by atoms with E-state index in [1.807, 2.05) is 60.7 Å². The fourth-order valence-corrected chi connectivity index (χ4v) is 3.29. The number of ether oxygens (including phenoxy) is 2. The molecule has 0 spiro atoms. The minimum absolute atomic E-state index is 0.162. The summed E-state index contributed by atoms with van der Waals surface area (Å²) in [5, 5.41) is 0. The predicted molar refractivity (Wildman–Crippen MR) is 106 cm³/mol. The molecule has 142 valence electrons. The van der Waals surface area contributed by atoms with Gasteiger partial charge < -0.3 is 9.47 Å². The van der Waals surface area contributed by atoms with Crippen molar-refractivity contribution >= 4 is 5.78 Å². The fourth-order valence-electron chi connectivity index (χ4n) is 3.29. The molecule has 0 amide bonds. The Hall–Kier alpha value is -3.14. The van der Waals surface area contributed by atoms with Crippen molar-refractivity contribution in [2.24, 2.45) is 11.8 Å². The summed E-state index contributed by atoms with van der Waals surface area (Å²) in [5.41, 5.74) is 1.61. The van der Waals surface area contributed by atoms with Crippen LogP contribution in [-0.2, 0) is 4.79 Å². The second-order valence-corrected chi connectivity index (χ2v) is 7.14. The van der Waals surface area contributed by atoms with Crippen molar-refractivity contribution in [2.45, 2.75) is 13.3 Å². The molecule has 1 saturated carbocycles. The van der Waals surface area contributed by atoms with E-state index in [1.165, 1.54) is 12.1 Å². The van der Waals surface area contributed by atoms with Gasteiger partial charge in [-0.25, -0.2) is 4.39 Å². The molecule has 0 bridgehead atoms. The minimum atomic E-state index is -0.354. The summed E-state index contributed by atoms with van der Waals surface area (Å²) in [6.45, 7) is 2.19. The lowest BCUT2D eigenvalue weighted by Crippen LogP contribution is -2.04. The van der Waals surface area contributed by atoms with Crippen LogP contribution in [0.1, 0.15) is 13.3 Å². The molecule has 0 radical (unpaired) electrons. The van der Waals surface area contributed by atoms with Crippen LogP contribution in [0, 0.1) is 17.7 Å². The molecule has 28 heavy (non-hydrogen) atoms. The Kier molecular flexibility index (Phi) is 5.11. The Bertz CT molecular complexity index is 967. The third-order valence-corrected chi connectivity index (χ3v) is 4.95. The van der Waals surface area contributed by atoms with Gasteiger partial charge in [0, 0.05) is 17.9 Å². The van der Waals surface area contributed by atoms with E-state index >= 15 is 0 Å². The molecular weight excluding hydrogens is 355 g/mol. The van der Waals surface area contributed by atoms with E-state index in [2.05, 4.69) is 0 Å². The first-order chi connectivity index (χ1) is 13.6. The SMILES string of the molecule is CC(=O)C1CC1COc1ccc(-c2cc(F)cc(Oc3ccccc3)c2)cc1. The van der Waals surface area contributed by atoms with Gasteiger partial charge in [-0.1, -0.05) is 30.3 Å². The maximum absolute atomic E-state index is 14.1. The average Bonchev–Trinajstić information content (AvgIpc) is 3.47. The maximum Gasteiger partial charge on any atom is 0.133 e. The van der Waals surface area contributed by atoms with Gasteiger partial charge in [-0.3, -0.25) is 4.79 Å². The van der Waals surface area contributed by atoms with E-state index in [-0.39, 0.29) is 17.5 Å². The van der Waals surface area contributed by atoms with Crippen LogP contribution in [0.2, 0.25) is 0 Å². The number of hydrogen-bond donors (Lipinski definition) is 0. The molecule has 4 rings (SSSR count). The van der Waals surface area contributed by atoms with Gasteiger partial charge in [0.1, 0.15) is 28.8 Å². The predicted octanol–water partition coefficient (Wildman–Crippen LogP) is 5.89. The van der Waals surface area contributed by atoms with Crippen molar-refractivity contribution in [1.82, 2.24) is 0 Å². The van der Waals surface area contributed by atoms with Gasteiger partial charge in [0.2, 0.25) is 0 Å². The summed E-state index contributed by atoms with van der Waals surface area (Å²) in [4.78, 5) is 11.3. The molecule has 3 aromatic rings. The van der Waals surface area contributed by atoms with Gasteiger partial charge in [0.15, 0.2) is 0 Å². The zero-order chi connectivity index (χ0) is 19.5. The van der Waals surface area contributed by atoms with E-state index in [0.717, 1.165) is 23.3 Å². The van der Waals surface area contributed by atoms with Gasteiger partial charge in [-0.2, -0.15) is 0 Å². The fraction of sp³-hybridized carbons (Fsp3) is 0.208. The number of para-hydroxylation sites is 1. The van der Waals surface area contributed by atoms with Crippen LogP contribution in [0.3, 0.4) is 0 Å². The molecule has 1 aliphatic rings. The summed E-state index contributed by atoms with van der Waals surface area (Å²) in [6.07, 6.45) is 0.918. The highest BCUT2D eigenvalue weighted by Gasteiger charge is 2.41. The van der Waals surface area contributed by atoms with Gasteiger partial charge in [-0.15, -0.1) is 0 Å². The normalized spacial score (nSPS) is 17.8. The summed E-state index contributed by atoms with van der Waals surface area (Å²) in [7, 11) is 0. The molecule has 0 aliphatic heterocycles. The molecule has 2 unspecified atom stereocenters. The van der Waals surface area contributed by atoms with Crippen molar-refractivity contribution in [3.63, 3.8) is 0 Å². The number of carbonyl (C=O) groups excluding carboxylic acids is 1. The molecule has 3 aromatic carbocycles. The number of Topliss-reactive ketones (excluding diaryl/α,β-unsaturated/α-hetero) is 1.